The number of hydrogen-bond acceptors (Lipinski definition) is 3. The van der Waals surface area contributed by atoms with E-state index in [4.69, 9.17) is 10.5 Å². The van der Waals surface area contributed by atoms with Crippen LogP contribution >= 0.6 is 0 Å². The second kappa shape index (κ2) is 5.89. The second-order valence-corrected chi connectivity index (χ2v) is 7.60. The fourth-order valence-electron chi connectivity index (χ4n) is 2.96. The van der Waals surface area contributed by atoms with E-state index in [2.05, 4.69) is 39.9 Å². The third-order valence-electron chi connectivity index (χ3n) is 4.24. The molecule has 3 atom stereocenters. The molecule has 0 bridgehead atoms. The molecule has 0 heterocycles. The van der Waals surface area contributed by atoms with Crippen LogP contribution in [0.2, 0.25) is 0 Å². The highest BCUT2D eigenvalue weighted by molar-refractivity contribution is 5.02. The zero-order valence-corrected chi connectivity index (χ0v) is 13.0. The summed E-state index contributed by atoms with van der Waals surface area (Å²) < 4.78 is 5.46. The first-order valence-corrected chi connectivity index (χ1v) is 7.18. The molecule has 1 saturated carbocycles. The van der Waals surface area contributed by atoms with Crippen molar-refractivity contribution in [1.29, 1.82) is 0 Å². The molecule has 0 spiro atoms. The van der Waals surface area contributed by atoms with Crippen LogP contribution in [-0.2, 0) is 4.74 Å². The average Bonchev–Trinajstić information content (AvgIpc) is 2.19. The SMILES string of the molecule is COC1CC(NCCC(N)CC(C)(C)C)C1(C)C. The number of ether oxygens (including phenoxy) is 1. The predicted octanol–water partition coefficient (Wildman–Crippen LogP) is 2.54. The molecule has 3 unspecified atom stereocenters. The number of hydrogen-bond donors (Lipinski definition) is 2. The lowest BCUT2D eigenvalue weighted by Crippen LogP contribution is -2.60. The third-order valence-corrected chi connectivity index (χ3v) is 4.24. The molecule has 3 nitrogen and oxygen atoms in total. The van der Waals surface area contributed by atoms with Gasteiger partial charge < -0.3 is 15.8 Å². The van der Waals surface area contributed by atoms with E-state index < -0.39 is 0 Å². The fraction of sp³-hybridized carbons (Fsp3) is 1.00. The van der Waals surface area contributed by atoms with E-state index in [0.29, 0.717) is 23.6 Å². The largest absolute Gasteiger partial charge is 0.381 e. The Morgan fingerprint density at radius 1 is 1.39 bits per heavy atom. The summed E-state index contributed by atoms with van der Waals surface area (Å²) in [5.41, 5.74) is 6.74. The van der Waals surface area contributed by atoms with Crippen molar-refractivity contribution in [2.24, 2.45) is 16.6 Å². The van der Waals surface area contributed by atoms with Crippen molar-refractivity contribution in [1.82, 2.24) is 5.32 Å². The normalized spacial score (nSPS) is 28.8. The van der Waals surface area contributed by atoms with Crippen molar-refractivity contribution in [3.63, 3.8) is 0 Å². The van der Waals surface area contributed by atoms with Crippen molar-refractivity contribution in [3.8, 4) is 0 Å². The summed E-state index contributed by atoms with van der Waals surface area (Å²) in [6.45, 7) is 12.3. The van der Waals surface area contributed by atoms with Gasteiger partial charge in [-0.25, -0.2) is 0 Å². The molecule has 0 aromatic heterocycles. The minimum atomic E-state index is 0.253. The van der Waals surface area contributed by atoms with Crippen molar-refractivity contribution in [2.45, 2.75) is 72.1 Å². The molecule has 1 fully saturated rings. The zero-order chi connectivity index (χ0) is 14.0. The molecule has 1 aliphatic rings. The van der Waals surface area contributed by atoms with Crippen LogP contribution in [0.5, 0.6) is 0 Å². The maximum Gasteiger partial charge on any atom is 0.0652 e. The molecule has 108 valence electrons. The lowest BCUT2D eigenvalue weighted by atomic mass is 9.64. The summed E-state index contributed by atoms with van der Waals surface area (Å²) in [6, 6.07) is 0.878. The van der Waals surface area contributed by atoms with Gasteiger partial charge >= 0.3 is 0 Å². The molecule has 3 N–H and O–H groups in total. The molecule has 0 aliphatic heterocycles. The molecule has 0 aromatic carbocycles. The maximum atomic E-state index is 6.16. The van der Waals surface area contributed by atoms with Gasteiger partial charge in [-0.05, 0) is 31.2 Å². The Hall–Kier alpha value is -0.120. The average molecular weight is 256 g/mol. The zero-order valence-electron chi connectivity index (χ0n) is 13.0. The summed E-state index contributed by atoms with van der Waals surface area (Å²) >= 11 is 0. The minimum absolute atomic E-state index is 0.253. The molecule has 1 rings (SSSR count). The van der Waals surface area contributed by atoms with Gasteiger partial charge in [-0.2, -0.15) is 0 Å². The smallest absolute Gasteiger partial charge is 0.0652 e. The van der Waals surface area contributed by atoms with Gasteiger partial charge in [-0.1, -0.05) is 34.6 Å². The maximum absolute atomic E-state index is 6.16. The highest BCUT2D eigenvalue weighted by Gasteiger charge is 2.48. The van der Waals surface area contributed by atoms with Crippen molar-refractivity contribution in [3.05, 3.63) is 0 Å². The van der Waals surface area contributed by atoms with E-state index in [1.54, 1.807) is 0 Å². The molecular weight excluding hydrogens is 224 g/mol. The molecular formula is C15H32N2O. The standard InChI is InChI=1S/C15H32N2O/c1-14(2,3)10-11(16)7-8-17-12-9-13(18-6)15(12,4)5/h11-13,17H,7-10,16H2,1-6H3. The first-order chi connectivity index (χ1) is 8.16. The summed E-state index contributed by atoms with van der Waals surface area (Å²) in [7, 11) is 1.81. The number of nitrogens with one attached hydrogen (secondary N) is 1. The Bertz CT molecular complexity index is 258. The van der Waals surface area contributed by atoms with E-state index in [1.807, 2.05) is 7.11 Å². The van der Waals surface area contributed by atoms with Crippen LogP contribution in [0.4, 0.5) is 0 Å². The van der Waals surface area contributed by atoms with Gasteiger partial charge in [0.25, 0.3) is 0 Å². The third kappa shape index (κ3) is 4.22. The minimum Gasteiger partial charge on any atom is -0.381 e. The first kappa shape index (κ1) is 15.9. The highest BCUT2D eigenvalue weighted by atomic mass is 16.5. The van der Waals surface area contributed by atoms with Crippen LogP contribution in [0.15, 0.2) is 0 Å². The number of methoxy groups -OCH3 is 1. The summed E-state index contributed by atoms with van der Waals surface area (Å²) in [5.74, 6) is 0. The molecule has 0 radical (unpaired) electrons. The van der Waals surface area contributed by atoms with Gasteiger partial charge in [0.1, 0.15) is 0 Å². The van der Waals surface area contributed by atoms with Crippen LogP contribution in [0.25, 0.3) is 0 Å². The van der Waals surface area contributed by atoms with E-state index >= 15 is 0 Å². The quantitative estimate of drug-likeness (QED) is 0.768. The second-order valence-electron chi connectivity index (χ2n) is 7.60. The summed E-state index contributed by atoms with van der Waals surface area (Å²) in [6.07, 6.45) is 3.67. The molecule has 0 saturated heterocycles. The Labute approximate surface area is 113 Å². The van der Waals surface area contributed by atoms with Crippen LogP contribution in [0.1, 0.15) is 53.9 Å². The Balaban J connectivity index is 2.20. The topological polar surface area (TPSA) is 47.3 Å². The molecule has 3 heteroatoms. The van der Waals surface area contributed by atoms with E-state index in [1.165, 1.54) is 0 Å². The Kier molecular flexibility index (Phi) is 5.22. The van der Waals surface area contributed by atoms with Crippen LogP contribution < -0.4 is 11.1 Å². The monoisotopic (exact) mass is 256 g/mol. The fourth-order valence-corrected chi connectivity index (χ4v) is 2.96. The van der Waals surface area contributed by atoms with Crippen LogP contribution in [0, 0.1) is 10.8 Å². The van der Waals surface area contributed by atoms with Gasteiger partial charge in [0.15, 0.2) is 0 Å². The first-order valence-electron chi connectivity index (χ1n) is 7.18. The lowest BCUT2D eigenvalue weighted by Gasteiger charge is -2.51. The van der Waals surface area contributed by atoms with E-state index in [-0.39, 0.29) is 5.41 Å². The van der Waals surface area contributed by atoms with Crippen LogP contribution in [-0.4, -0.2) is 31.8 Å². The van der Waals surface area contributed by atoms with Gasteiger partial charge in [-0.3, -0.25) is 0 Å². The molecule has 18 heavy (non-hydrogen) atoms. The Morgan fingerprint density at radius 2 is 2.00 bits per heavy atom. The van der Waals surface area contributed by atoms with Gasteiger partial charge in [0.05, 0.1) is 6.10 Å². The predicted molar refractivity (Wildman–Crippen MR) is 77.7 cm³/mol. The van der Waals surface area contributed by atoms with Crippen molar-refractivity contribution >= 4 is 0 Å². The molecule has 0 amide bonds. The Morgan fingerprint density at radius 3 is 2.44 bits per heavy atom. The van der Waals surface area contributed by atoms with E-state index in [9.17, 15) is 0 Å². The number of rotatable bonds is 6. The van der Waals surface area contributed by atoms with Crippen molar-refractivity contribution in [2.75, 3.05) is 13.7 Å². The van der Waals surface area contributed by atoms with Gasteiger partial charge in [-0.15, -0.1) is 0 Å². The van der Waals surface area contributed by atoms with Crippen LogP contribution in [0.3, 0.4) is 0 Å². The summed E-state index contributed by atoms with van der Waals surface area (Å²) in [4.78, 5) is 0. The van der Waals surface area contributed by atoms with Gasteiger partial charge in [0, 0.05) is 24.6 Å². The molecule has 1 aliphatic carbocycles. The van der Waals surface area contributed by atoms with E-state index in [0.717, 1.165) is 25.8 Å². The summed E-state index contributed by atoms with van der Waals surface area (Å²) in [5, 5.41) is 3.63. The van der Waals surface area contributed by atoms with Gasteiger partial charge in [0.2, 0.25) is 0 Å². The number of nitrogens with two attached hydrogens (primary N) is 1. The lowest BCUT2D eigenvalue weighted by molar-refractivity contribution is -0.0973. The highest BCUT2D eigenvalue weighted by Crippen LogP contribution is 2.42. The van der Waals surface area contributed by atoms with Crippen molar-refractivity contribution < 1.29 is 4.74 Å². The molecule has 0 aromatic rings.